The highest BCUT2D eigenvalue weighted by Crippen LogP contribution is 2.59. The molecule has 0 aromatic carbocycles. The lowest BCUT2D eigenvalue weighted by molar-refractivity contribution is -0.130. The second-order valence-electron chi connectivity index (χ2n) is 8.50. The Morgan fingerprint density at radius 3 is 2.39 bits per heavy atom. The molecule has 1 saturated carbocycles. The average molecular weight is 314 g/mol. The molecule has 0 spiro atoms. The molecular formula is C20H26O3. The van der Waals surface area contributed by atoms with Crippen molar-refractivity contribution in [1.82, 2.24) is 0 Å². The molecule has 1 N–H and O–H groups in total. The van der Waals surface area contributed by atoms with E-state index in [1.54, 1.807) is 6.08 Å². The average Bonchev–Trinajstić information content (AvgIpc) is 2.40. The molecule has 3 aliphatic rings. The van der Waals surface area contributed by atoms with E-state index >= 15 is 0 Å². The molecule has 0 heterocycles. The van der Waals surface area contributed by atoms with Crippen molar-refractivity contribution in [3.05, 3.63) is 34.6 Å². The quantitative estimate of drug-likeness (QED) is 0.785. The van der Waals surface area contributed by atoms with Crippen LogP contribution in [0.15, 0.2) is 34.6 Å². The van der Waals surface area contributed by atoms with E-state index in [9.17, 15) is 14.7 Å². The molecule has 0 unspecified atom stereocenters. The molecule has 0 bridgehead atoms. The lowest BCUT2D eigenvalue weighted by Crippen LogP contribution is -2.50. The molecule has 23 heavy (non-hydrogen) atoms. The topological polar surface area (TPSA) is 54.4 Å². The van der Waals surface area contributed by atoms with Gasteiger partial charge in [0.1, 0.15) is 0 Å². The first-order valence-electron chi connectivity index (χ1n) is 8.55. The molecular weight excluding hydrogens is 288 g/mol. The van der Waals surface area contributed by atoms with Gasteiger partial charge in [-0.15, -0.1) is 0 Å². The number of carbonyl (C=O) groups is 2. The lowest BCUT2D eigenvalue weighted by Gasteiger charge is -2.53. The zero-order valence-corrected chi connectivity index (χ0v) is 14.7. The van der Waals surface area contributed by atoms with Gasteiger partial charge in [0.15, 0.2) is 11.5 Å². The summed E-state index contributed by atoms with van der Waals surface area (Å²) < 4.78 is 0. The summed E-state index contributed by atoms with van der Waals surface area (Å²) in [5, 5.41) is 10.7. The molecule has 0 aliphatic heterocycles. The molecule has 3 heteroatoms. The highest BCUT2D eigenvalue weighted by Gasteiger charge is 2.56. The van der Waals surface area contributed by atoms with Crippen molar-refractivity contribution in [2.75, 3.05) is 0 Å². The van der Waals surface area contributed by atoms with Gasteiger partial charge in [0.2, 0.25) is 5.78 Å². The van der Waals surface area contributed by atoms with Crippen molar-refractivity contribution in [2.45, 2.75) is 53.9 Å². The summed E-state index contributed by atoms with van der Waals surface area (Å²) in [5.41, 5.74) is 1.45. The van der Waals surface area contributed by atoms with E-state index in [0.717, 1.165) is 24.8 Å². The molecule has 124 valence electrons. The normalized spacial score (nSPS) is 33.2. The molecule has 1 fully saturated rings. The summed E-state index contributed by atoms with van der Waals surface area (Å²) >= 11 is 0. The third-order valence-electron chi connectivity index (χ3n) is 6.02. The predicted molar refractivity (Wildman–Crippen MR) is 89.9 cm³/mol. The molecule has 0 saturated heterocycles. The maximum Gasteiger partial charge on any atom is 0.223 e. The number of hydrogen-bond acceptors (Lipinski definition) is 3. The Kier molecular flexibility index (Phi) is 3.48. The van der Waals surface area contributed by atoms with Gasteiger partial charge >= 0.3 is 0 Å². The summed E-state index contributed by atoms with van der Waals surface area (Å²) in [6, 6.07) is 0. The zero-order valence-electron chi connectivity index (χ0n) is 14.7. The van der Waals surface area contributed by atoms with Crippen LogP contribution >= 0.6 is 0 Å². The van der Waals surface area contributed by atoms with Gasteiger partial charge in [-0.05, 0) is 41.9 Å². The third-order valence-corrected chi connectivity index (χ3v) is 6.02. The molecule has 3 aliphatic carbocycles. The number of aliphatic hydroxyl groups is 1. The number of ketones is 2. The number of Topliss-reactive ketones (excluding diaryl/α,β-unsaturated/α-hetero) is 1. The van der Waals surface area contributed by atoms with Crippen LogP contribution < -0.4 is 0 Å². The fourth-order valence-electron chi connectivity index (χ4n) is 5.10. The van der Waals surface area contributed by atoms with E-state index in [-0.39, 0.29) is 34.6 Å². The van der Waals surface area contributed by atoms with Gasteiger partial charge in [0.05, 0.1) is 0 Å². The van der Waals surface area contributed by atoms with Crippen LogP contribution in [0, 0.1) is 22.7 Å². The second kappa shape index (κ2) is 4.93. The predicted octanol–water partition coefficient (Wildman–Crippen LogP) is 4.31. The monoisotopic (exact) mass is 314 g/mol. The second-order valence-corrected chi connectivity index (χ2v) is 8.50. The molecule has 3 rings (SSSR count). The molecule has 0 amide bonds. The van der Waals surface area contributed by atoms with Gasteiger partial charge < -0.3 is 5.11 Å². The SMILES string of the molecule is CC(C)C1=CC2=CC(=O)[C@@H]3C(C)(C)CCC[C@]3(C)C2=C(O)C1=O. The van der Waals surface area contributed by atoms with Crippen LogP contribution in [0.4, 0.5) is 0 Å². The Morgan fingerprint density at radius 1 is 1.13 bits per heavy atom. The number of allylic oxidation sites excluding steroid dienone is 5. The van der Waals surface area contributed by atoms with E-state index in [4.69, 9.17) is 0 Å². The zero-order chi connectivity index (χ0) is 17.2. The van der Waals surface area contributed by atoms with Gasteiger partial charge in [-0.1, -0.05) is 41.0 Å². The van der Waals surface area contributed by atoms with Crippen LogP contribution in [0.2, 0.25) is 0 Å². The highest BCUT2D eigenvalue weighted by molar-refractivity contribution is 6.11. The molecule has 2 atom stereocenters. The molecule has 0 aromatic heterocycles. The highest BCUT2D eigenvalue weighted by atomic mass is 16.3. The number of rotatable bonds is 1. The summed E-state index contributed by atoms with van der Waals surface area (Å²) in [6.07, 6.45) is 6.31. The standard InChI is InChI=1S/C20H26O3/c1-11(2)13-9-12-10-14(21)18-19(3,4)7-6-8-20(18,5)15(12)17(23)16(13)22/h9-11,18,23H,6-8H2,1-5H3/t18-,20-/m1/s1. The number of fused-ring (bicyclic) bond motifs is 3. The van der Waals surface area contributed by atoms with Crippen molar-refractivity contribution >= 4 is 11.6 Å². The van der Waals surface area contributed by atoms with Crippen molar-refractivity contribution in [1.29, 1.82) is 0 Å². The minimum absolute atomic E-state index is 0.0236. The smallest absolute Gasteiger partial charge is 0.223 e. The van der Waals surface area contributed by atoms with Gasteiger partial charge in [0, 0.05) is 22.5 Å². The first-order chi connectivity index (χ1) is 10.6. The maximum atomic E-state index is 12.9. The number of carbonyl (C=O) groups excluding carboxylic acids is 2. The third kappa shape index (κ3) is 2.16. The van der Waals surface area contributed by atoms with E-state index in [2.05, 4.69) is 20.8 Å². The minimum atomic E-state index is -0.457. The van der Waals surface area contributed by atoms with Crippen molar-refractivity contribution in [2.24, 2.45) is 22.7 Å². The minimum Gasteiger partial charge on any atom is -0.504 e. The van der Waals surface area contributed by atoms with Crippen molar-refractivity contribution in [3.8, 4) is 0 Å². The summed E-state index contributed by atoms with van der Waals surface area (Å²) in [6.45, 7) is 10.2. The van der Waals surface area contributed by atoms with Crippen LogP contribution in [0.25, 0.3) is 0 Å². The van der Waals surface area contributed by atoms with E-state index < -0.39 is 5.41 Å². The maximum absolute atomic E-state index is 12.9. The molecule has 3 nitrogen and oxygen atoms in total. The van der Waals surface area contributed by atoms with Crippen LogP contribution in [-0.2, 0) is 9.59 Å². The Morgan fingerprint density at radius 2 is 1.78 bits per heavy atom. The van der Waals surface area contributed by atoms with Crippen molar-refractivity contribution < 1.29 is 14.7 Å². The van der Waals surface area contributed by atoms with E-state index in [1.807, 2.05) is 19.9 Å². The van der Waals surface area contributed by atoms with E-state index in [0.29, 0.717) is 11.1 Å². The van der Waals surface area contributed by atoms with Crippen LogP contribution in [0.5, 0.6) is 0 Å². The fraction of sp³-hybridized carbons (Fsp3) is 0.600. The first kappa shape index (κ1) is 16.2. The Labute approximate surface area is 138 Å². The molecule has 0 aromatic rings. The number of aliphatic hydroxyl groups excluding tert-OH is 1. The van der Waals surface area contributed by atoms with Gasteiger partial charge in [0.25, 0.3) is 0 Å². The summed E-state index contributed by atoms with van der Waals surface area (Å²) in [7, 11) is 0. The lowest BCUT2D eigenvalue weighted by atomic mass is 9.49. The summed E-state index contributed by atoms with van der Waals surface area (Å²) in [5.74, 6) is -0.426. The largest absolute Gasteiger partial charge is 0.504 e. The van der Waals surface area contributed by atoms with Crippen LogP contribution in [-0.4, -0.2) is 16.7 Å². The number of hydrogen-bond donors (Lipinski definition) is 1. The Bertz CT molecular complexity index is 688. The summed E-state index contributed by atoms with van der Waals surface area (Å²) in [4.78, 5) is 25.5. The fourth-order valence-corrected chi connectivity index (χ4v) is 5.10. The Balaban J connectivity index is 2.24. The van der Waals surface area contributed by atoms with Crippen LogP contribution in [0.3, 0.4) is 0 Å². The first-order valence-corrected chi connectivity index (χ1v) is 8.55. The van der Waals surface area contributed by atoms with Gasteiger partial charge in [-0.2, -0.15) is 0 Å². The van der Waals surface area contributed by atoms with Gasteiger partial charge in [-0.3, -0.25) is 9.59 Å². The molecule has 0 radical (unpaired) electrons. The van der Waals surface area contributed by atoms with Crippen molar-refractivity contribution in [3.63, 3.8) is 0 Å². The van der Waals surface area contributed by atoms with E-state index in [1.165, 1.54) is 0 Å². The Hall–Kier alpha value is -1.64. The van der Waals surface area contributed by atoms with Crippen LogP contribution in [0.1, 0.15) is 53.9 Å². The van der Waals surface area contributed by atoms with Gasteiger partial charge in [-0.25, -0.2) is 0 Å².